The van der Waals surface area contributed by atoms with E-state index in [1.165, 1.54) is 24.3 Å². The van der Waals surface area contributed by atoms with E-state index < -0.39 is 23.2 Å². The third-order valence-electron chi connectivity index (χ3n) is 5.04. The van der Waals surface area contributed by atoms with Crippen LogP contribution in [0, 0.1) is 0 Å². The molecule has 0 N–H and O–H groups in total. The molecule has 10 heteroatoms. The standard InChI is InChI=1S/C26H22O10/c1-3-31-25(29)13-33-15-5-6-17-20(12-24(28)36-21(17)10-15)19-9-16(34-14-26(30)32-4-2)11-22-18(19)7-8-23(27)35-22/h5-12H,3-4,13-14H2,1-2H3. The van der Waals surface area contributed by atoms with Gasteiger partial charge >= 0.3 is 23.2 Å². The predicted octanol–water partition coefficient (Wildman–Crippen LogP) is 3.45. The first-order valence-electron chi connectivity index (χ1n) is 11.1. The summed E-state index contributed by atoms with van der Waals surface area (Å²) in [5.41, 5.74) is 0.184. The van der Waals surface area contributed by atoms with Crippen molar-refractivity contribution in [1.82, 2.24) is 0 Å². The fourth-order valence-electron chi connectivity index (χ4n) is 3.60. The Hall–Kier alpha value is -4.60. The van der Waals surface area contributed by atoms with Gasteiger partial charge in [0.2, 0.25) is 0 Å². The summed E-state index contributed by atoms with van der Waals surface area (Å²) in [5, 5.41) is 1.08. The number of hydrogen-bond acceptors (Lipinski definition) is 10. The van der Waals surface area contributed by atoms with E-state index >= 15 is 0 Å². The molecule has 186 valence electrons. The van der Waals surface area contributed by atoms with E-state index in [2.05, 4.69) is 0 Å². The van der Waals surface area contributed by atoms with Crippen molar-refractivity contribution in [2.24, 2.45) is 0 Å². The topological polar surface area (TPSA) is 131 Å². The van der Waals surface area contributed by atoms with E-state index in [4.69, 9.17) is 27.8 Å². The summed E-state index contributed by atoms with van der Waals surface area (Å²) in [4.78, 5) is 47.7. The van der Waals surface area contributed by atoms with E-state index in [0.29, 0.717) is 27.6 Å². The lowest BCUT2D eigenvalue weighted by atomic mass is 9.98. The van der Waals surface area contributed by atoms with Gasteiger partial charge < -0.3 is 27.8 Å². The van der Waals surface area contributed by atoms with Crippen molar-refractivity contribution in [3.63, 3.8) is 0 Å². The molecule has 36 heavy (non-hydrogen) atoms. The van der Waals surface area contributed by atoms with E-state index in [-0.39, 0.29) is 43.3 Å². The van der Waals surface area contributed by atoms with Crippen molar-refractivity contribution in [1.29, 1.82) is 0 Å². The van der Waals surface area contributed by atoms with E-state index in [0.717, 1.165) is 0 Å². The van der Waals surface area contributed by atoms with Crippen molar-refractivity contribution in [3.8, 4) is 22.6 Å². The van der Waals surface area contributed by atoms with Gasteiger partial charge in [-0.2, -0.15) is 0 Å². The van der Waals surface area contributed by atoms with Gasteiger partial charge in [-0.05, 0) is 43.7 Å². The zero-order chi connectivity index (χ0) is 25.7. The summed E-state index contributed by atoms with van der Waals surface area (Å²) in [6.45, 7) is 3.16. The number of hydrogen-bond donors (Lipinski definition) is 0. The van der Waals surface area contributed by atoms with Crippen molar-refractivity contribution < 1.29 is 37.4 Å². The van der Waals surface area contributed by atoms with E-state index in [1.807, 2.05) is 0 Å². The fourth-order valence-corrected chi connectivity index (χ4v) is 3.60. The van der Waals surface area contributed by atoms with Crippen molar-refractivity contribution >= 4 is 33.9 Å². The highest BCUT2D eigenvalue weighted by Gasteiger charge is 2.16. The molecule has 10 nitrogen and oxygen atoms in total. The van der Waals surface area contributed by atoms with Gasteiger partial charge in [0.15, 0.2) is 13.2 Å². The van der Waals surface area contributed by atoms with Gasteiger partial charge in [0.1, 0.15) is 22.7 Å². The fraction of sp³-hybridized carbons (Fsp3) is 0.231. The summed E-state index contributed by atoms with van der Waals surface area (Å²) in [7, 11) is 0. The second-order valence-electron chi connectivity index (χ2n) is 7.46. The number of carbonyl (C=O) groups is 2. The number of benzene rings is 2. The normalized spacial score (nSPS) is 10.8. The van der Waals surface area contributed by atoms with Crippen LogP contribution in [0.4, 0.5) is 0 Å². The minimum Gasteiger partial charge on any atom is -0.482 e. The quantitative estimate of drug-likeness (QED) is 0.252. The van der Waals surface area contributed by atoms with Crippen LogP contribution in [0.25, 0.3) is 33.1 Å². The summed E-state index contributed by atoms with van der Waals surface area (Å²) >= 11 is 0. The second kappa shape index (κ2) is 10.8. The van der Waals surface area contributed by atoms with Crippen molar-refractivity contribution in [3.05, 3.63) is 69.4 Å². The highest BCUT2D eigenvalue weighted by Crippen LogP contribution is 2.36. The molecule has 0 amide bonds. The van der Waals surface area contributed by atoms with Gasteiger partial charge in [-0.1, -0.05) is 0 Å². The number of carbonyl (C=O) groups excluding carboxylic acids is 2. The first-order chi connectivity index (χ1) is 17.4. The van der Waals surface area contributed by atoms with Crippen LogP contribution in [0.15, 0.2) is 67.0 Å². The van der Waals surface area contributed by atoms with Gasteiger partial charge in [0.25, 0.3) is 0 Å². The average Bonchev–Trinajstić information content (AvgIpc) is 2.85. The second-order valence-corrected chi connectivity index (χ2v) is 7.46. The zero-order valence-electron chi connectivity index (χ0n) is 19.5. The Bertz CT molecular complexity index is 1550. The molecule has 2 heterocycles. The van der Waals surface area contributed by atoms with Gasteiger partial charge in [-0.25, -0.2) is 19.2 Å². The lowest BCUT2D eigenvalue weighted by Crippen LogP contribution is -2.14. The number of rotatable bonds is 9. The van der Waals surface area contributed by atoms with Crippen LogP contribution in [0.5, 0.6) is 11.5 Å². The summed E-state index contributed by atoms with van der Waals surface area (Å²) in [6.07, 6.45) is 0. The van der Waals surface area contributed by atoms with Gasteiger partial charge in [-0.3, -0.25) is 0 Å². The molecular formula is C26H22O10. The summed E-state index contributed by atoms with van der Waals surface area (Å²) in [5.74, 6) is -0.552. The molecule has 2 aromatic carbocycles. The molecule has 4 rings (SSSR count). The Kier molecular flexibility index (Phi) is 7.33. The van der Waals surface area contributed by atoms with Crippen molar-refractivity contribution in [2.75, 3.05) is 26.4 Å². The van der Waals surface area contributed by atoms with Crippen LogP contribution in [0.2, 0.25) is 0 Å². The minimum absolute atomic E-state index is 0.203. The molecule has 0 saturated carbocycles. The Balaban J connectivity index is 1.80. The number of esters is 2. The number of ether oxygens (including phenoxy) is 4. The van der Waals surface area contributed by atoms with Crippen LogP contribution >= 0.6 is 0 Å². The molecule has 4 aromatic rings. The molecule has 0 atom stereocenters. The average molecular weight is 494 g/mol. The molecule has 0 bridgehead atoms. The van der Waals surface area contributed by atoms with Crippen LogP contribution in [-0.4, -0.2) is 38.4 Å². The Morgan fingerprint density at radius 1 is 0.667 bits per heavy atom. The van der Waals surface area contributed by atoms with Crippen LogP contribution in [0.1, 0.15) is 13.8 Å². The lowest BCUT2D eigenvalue weighted by molar-refractivity contribution is -0.146. The van der Waals surface area contributed by atoms with Crippen molar-refractivity contribution in [2.45, 2.75) is 13.8 Å². The molecule has 0 saturated heterocycles. The van der Waals surface area contributed by atoms with E-state index in [1.54, 1.807) is 38.1 Å². The monoisotopic (exact) mass is 494 g/mol. The minimum atomic E-state index is -0.636. The maximum absolute atomic E-state index is 12.5. The molecule has 0 spiro atoms. The molecule has 0 aliphatic rings. The van der Waals surface area contributed by atoms with Crippen LogP contribution in [0.3, 0.4) is 0 Å². The first kappa shape index (κ1) is 24.5. The lowest BCUT2D eigenvalue weighted by Gasteiger charge is -2.13. The van der Waals surface area contributed by atoms with Crippen LogP contribution < -0.4 is 20.7 Å². The third-order valence-corrected chi connectivity index (χ3v) is 5.04. The maximum Gasteiger partial charge on any atom is 0.344 e. The molecule has 0 aliphatic heterocycles. The Labute approximate surface area is 203 Å². The molecule has 0 radical (unpaired) electrons. The largest absolute Gasteiger partial charge is 0.482 e. The zero-order valence-corrected chi connectivity index (χ0v) is 19.5. The first-order valence-corrected chi connectivity index (χ1v) is 11.1. The van der Waals surface area contributed by atoms with E-state index in [9.17, 15) is 19.2 Å². The summed E-state index contributed by atoms with van der Waals surface area (Å²) < 4.78 is 31.4. The highest BCUT2D eigenvalue weighted by atomic mass is 16.6. The molecule has 2 aromatic heterocycles. The number of fused-ring (bicyclic) bond motifs is 2. The third kappa shape index (κ3) is 5.54. The SMILES string of the molecule is CCOC(=O)COc1cc(-c2cc(=O)oc3cc(OCC(=O)OCC)ccc23)c2ccc(=O)oc2c1. The van der Waals surface area contributed by atoms with Gasteiger partial charge in [0, 0.05) is 40.6 Å². The Morgan fingerprint density at radius 2 is 1.19 bits per heavy atom. The molecule has 0 fully saturated rings. The molecule has 0 aliphatic carbocycles. The van der Waals surface area contributed by atoms with Gasteiger partial charge in [0.05, 0.1) is 13.2 Å². The van der Waals surface area contributed by atoms with Crippen LogP contribution in [-0.2, 0) is 19.1 Å². The summed E-state index contributed by atoms with van der Waals surface area (Å²) in [6, 6.07) is 12.0. The van der Waals surface area contributed by atoms with Gasteiger partial charge in [-0.15, -0.1) is 0 Å². The molecular weight excluding hydrogens is 472 g/mol. The Morgan fingerprint density at radius 3 is 1.83 bits per heavy atom. The smallest absolute Gasteiger partial charge is 0.344 e. The highest BCUT2D eigenvalue weighted by molar-refractivity contribution is 6.03. The molecule has 0 unspecified atom stereocenters. The predicted molar refractivity (Wildman–Crippen MR) is 128 cm³/mol. The maximum atomic E-state index is 12.5.